The molecule has 1 aliphatic heterocycles. The highest BCUT2D eigenvalue weighted by Crippen LogP contribution is 2.30. The third-order valence-electron chi connectivity index (χ3n) is 5.39. The quantitative estimate of drug-likeness (QED) is 0.702. The van der Waals surface area contributed by atoms with Crippen molar-refractivity contribution in [1.82, 2.24) is 14.9 Å². The fourth-order valence-electron chi connectivity index (χ4n) is 3.90. The Labute approximate surface area is 199 Å². The minimum absolute atomic E-state index is 0.0261. The van der Waals surface area contributed by atoms with E-state index in [9.17, 15) is 9.18 Å². The van der Waals surface area contributed by atoms with Gasteiger partial charge in [-0.25, -0.2) is 14.2 Å². The van der Waals surface area contributed by atoms with Crippen molar-refractivity contribution >= 4 is 17.9 Å². The maximum absolute atomic E-state index is 14.1. The molecule has 180 valence electrons. The molecule has 2 aromatic rings. The Morgan fingerprint density at radius 3 is 2.71 bits per heavy atom. The number of amides is 1. The Balaban J connectivity index is 1.79. The highest BCUT2D eigenvalue weighted by Gasteiger charge is 2.26. The van der Waals surface area contributed by atoms with Crippen LogP contribution in [0.15, 0.2) is 36.5 Å². The number of carbonyl (C=O) groups excluding carboxylic acids is 1. The van der Waals surface area contributed by atoms with Crippen molar-refractivity contribution in [3.05, 3.63) is 47.9 Å². The van der Waals surface area contributed by atoms with Gasteiger partial charge in [-0.2, -0.15) is 10.2 Å². The van der Waals surface area contributed by atoms with E-state index in [4.69, 9.17) is 15.7 Å². The number of carbonyl (C=O) groups is 1. The summed E-state index contributed by atoms with van der Waals surface area (Å²) in [5.74, 6) is 0.692. The van der Waals surface area contributed by atoms with Crippen molar-refractivity contribution in [2.45, 2.75) is 39.7 Å². The van der Waals surface area contributed by atoms with Crippen LogP contribution in [0.2, 0.25) is 0 Å². The second kappa shape index (κ2) is 10.1. The summed E-state index contributed by atoms with van der Waals surface area (Å²) < 4.78 is 19.5. The molecule has 9 heteroatoms. The Morgan fingerprint density at radius 2 is 2.06 bits per heavy atom. The molecule has 1 amide bonds. The van der Waals surface area contributed by atoms with E-state index in [1.165, 1.54) is 17.0 Å². The van der Waals surface area contributed by atoms with Crippen LogP contribution in [0.25, 0.3) is 11.3 Å². The number of anilines is 2. The van der Waals surface area contributed by atoms with Crippen molar-refractivity contribution in [3.63, 3.8) is 0 Å². The summed E-state index contributed by atoms with van der Waals surface area (Å²) in [6.07, 6.45) is 4.30. The summed E-state index contributed by atoms with van der Waals surface area (Å²) in [7, 11) is 1.67. The lowest BCUT2D eigenvalue weighted by Crippen LogP contribution is -2.40. The predicted molar refractivity (Wildman–Crippen MR) is 129 cm³/mol. The first-order valence-corrected chi connectivity index (χ1v) is 11.2. The van der Waals surface area contributed by atoms with E-state index in [0.29, 0.717) is 29.5 Å². The molecule has 0 radical (unpaired) electrons. The second-order valence-electron chi connectivity index (χ2n) is 9.71. The zero-order valence-corrected chi connectivity index (χ0v) is 20.2. The normalized spacial score (nSPS) is 18.6. The van der Waals surface area contributed by atoms with Gasteiger partial charge in [0.2, 0.25) is 5.95 Å². The maximum Gasteiger partial charge on any atom is 0.414 e. The Kier molecular flexibility index (Phi) is 7.40. The van der Waals surface area contributed by atoms with E-state index >= 15 is 0 Å². The lowest BCUT2D eigenvalue weighted by atomic mass is 9.90. The molecule has 2 heterocycles. The van der Waals surface area contributed by atoms with Crippen molar-refractivity contribution in [2.24, 2.45) is 11.8 Å². The number of nitrogens with zero attached hydrogens (tertiary/aromatic N) is 5. The summed E-state index contributed by atoms with van der Waals surface area (Å²) in [5.41, 5.74) is 6.41. The van der Waals surface area contributed by atoms with E-state index in [1.54, 1.807) is 25.4 Å². The molecule has 0 bridgehead atoms. The molecular weight excluding hydrogens is 435 g/mol. The summed E-state index contributed by atoms with van der Waals surface area (Å²) in [5, 5.41) is 8.97. The van der Waals surface area contributed by atoms with Crippen LogP contribution in [0.5, 0.6) is 0 Å². The highest BCUT2D eigenvalue weighted by atomic mass is 19.1. The SMILES string of the molecule is CC1CC(C=CN(C)C(=O)OC(C)(C)C)CN(c2cc(-c3ccc(C#N)c(F)c3)nc(N)n2)C1. The smallest absolute Gasteiger partial charge is 0.414 e. The maximum atomic E-state index is 14.1. The number of nitriles is 1. The van der Waals surface area contributed by atoms with Crippen LogP contribution in [0.1, 0.15) is 39.7 Å². The van der Waals surface area contributed by atoms with Crippen LogP contribution in [0.4, 0.5) is 21.0 Å². The van der Waals surface area contributed by atoms with Gasteiger partial charge in [-0.1, -0.05) is 19.1 Å². The molecule has 1 aromatic carbocycles. The van der Waals surface area contributed by atoms with Gasteiger partial charge >= 0.3 is 6.09 Å². The molecule has 2 unspecified atom stereocenters. The molecule has 1 fully saturated rings. The van der Waals surface area contributed by atoms with Crippen LogP contribution < -0.4 is 10.6 Å². The molecule has 1 aliphatic rings. The van der Waals surface area contributed by atoms with Gasteiger partial charge in [-0.05, 0) is 51.2 Å². The van der Waals surface area contributed by atoms with Gasteiger partial charge < -0.3 is 15.4 Å². The topological polar surface area (TPSA) is 108 Å². The fraction of sp³-hybridized carbons (Fsp3) is 0.440. The van der Waals surface area contributed by atoms with E-state index < -0.39 is 17.5 Å². The van der Waals surface area contributed by atoms with Gasteiger partial charge in [0.15, 0.2) is 0 Å². The number of benzene rings is 1. The third-order valence-corrected chi connectivity index (χ3v) is 5.39. The van der Waals surface area contributed by atoms with Gasteiger partial charge in [0.25, 0.3) is 0 Å². The molecule has 2 N–H and O–H groups in total. The first kappa shape index (κ1) is 25.0. The molecule has 0 aliphatic carbocycles. The second-order valence-corrected chi connectivity index (χ2v) is 9.71. The van der Waals surface area contributed by atoms with Crippen LogP contribution in [-0.2, 0) is 4.74 Å². The lowest BCUT2D eigenvalue weighted by molar-refractivity contribution is 0.0371. The number of rotatable bonds is 4. The minimum atomic E-state index is -0.607. The van der Waals surface area contributed by atoms with Crippen molar-refractivity contribution < 1.29 is 13.9 Å². The molecule has 1 aromatic heterocycles. The number of ether oxygens (including phenoxy) is 1. The standard InChI is InChI=1S/C25H31FN6O2/c1-16-10-17(8-9-31(5)24(33)34-25(2,3)4)15-32(14-16)22-12-21(29-23(28)30-22)18-6-7-19(13-27)20(26)11-18/h6-9,11-12,16-17H,10,14-15H2,1-5H3,(H2,28,29,30). The number of aromatic nitrogens is 2. The van der Waals surface area contributed by atoms with Crippen LogP contribution in [0, 0.1) is 29.0 Å². The molecule has 0 saturated carbocycles. The average molecular weight is 467 g/mol. The number of hydrogen-bond donors (Lipinski definition) is 1. The van der Waals surface area contributed by atoms with Crippen LogP contribution in [0.3, 0.4) is 0 Å². The number of halogens is 1. The van der Waals surface area contributed by atoms with E-state index in [2.05, 4.69) is 21.8 Å². The first-order valence-electron chi connectivity index (χ1n) is 11.2. The van der Waals surface area contributed by atoms with Crippen LogP contribution >= 0.6 is 0 Å². The monoisotopic (exact) mass is 466 g/mol. The largest absolute Gasteiger partial charge is 0.443 e. The fourth-order valence-corrected chi connectivity index (χ4v) is 3.90. The summed E-state index contributed by atoms with van der Waals surface area (Å²) in [6.45, 7) is 9.11. The molecule has 2 atom stereocenters. The number of nitrogen functional groups attached to an aromatic ring is 1. The van der Waals surface area contributed by atoms with Gasteiger partial charge in [-0.3, -0.25) is 4.90 Å². The zero-order valence-electron chi connectivity index (χ0n) is 20.2. The number of piperidine rings is 1. The first-order chi connectivity index (χ1) is 15.9. The molecule has 1 saturated heterocycles. The third kappa shape index (κ3) is 6.44. The molecule has 8 nitrogen and oxygen atoms in total. The summed E-state index contributed by atoms with van der Waals surface area (Å²) in [6, 6.07) is 7.94. The zero-order chi connectivity index (χ0) is 25.0. The van der Waals surface area contributed by atoms with Crippen molar-refractivity contribution in [2.75, 3.05) is 30.8 Å². The predicted octanol–water partition coefficient (Wildman–Crippen LogP) is 4.58. The molecule has 34 heavy (non-hydrogen) atoms. The van der Waals surface area contributed by atoms with Gasteiger partial charge in [0.05, 0.1) is 11.3 Å². The van der Waals surface area contributed by atoms with Crippen molar-refractivity contribution in [3.8, 4) is 17.3 Å². The molecule has 0 spiro atoms. The molecular formula is C25H31FN6O2. The van der Waals surface area contributed by atoms with E-state index in [-0.39, 0.29) is 17.4 Å². The van der Waals surface area contributed by atoms with Gasteiger partial charge in [0, 0.05) is 38.0 Å². The van der Waals surface area contributed by atoms with Gasteiger partial charge in [-0.15, -0.1) is 0 Å². The Bertz CT molecular complexity index is 1120. The summed E-state index contributed by atoms with van der Waals surface area (Å²) >= 11 is 0. The van der Waals surface area contributed by atoms with Crippen molar-refractivity contribution in [1.29, 1.82) is 5.26 Å². The van der Waals surface area contributed by atoms with Crippen LogP contribution in [-0.4, -0.2) is 46.7 Å². The minimum Gasteiger partial charge on any atom is -0.443 e. The molecule has 3 rings (SSSR count). The lowest BCUT2D eigenvalue weighted by Gasteiger charge is -2.36. The summed E-state index contributed by atoms with van der Waals surface area (Å²) in [4.78, 5) is 24.5. The average Bonchev–Trinajstić information content (AvgIpc) is 2.75. The number of hydrogen-bond acceptors (Lipinski definition) is 7. The van der Waals surface area contributed by atoms with Gasteiger partial charge in [0.1, 0.15) is 23.3 Å². The number of nitrogens with two attached hydrogens (primary N) is 1. The Hall–Kier alpha value is -3.67. The highest BCUT2D eigenvalue weighted by molar-refractivity contribution is 5.69. The van der Waals surface area contributed by atoms with E-state index in [1.807, 2.05) is 32.9 Å². The van der Waals surface area contributed by atoms with E-state index in [0.717, 1.165) is 13.0 Å². The Morgan fingerprint density at radius 1 is 1.32 bits per heavy atom.